The molecule has 0 heterocycles. The van der Waals surface area contributed by atoms with E-state index in [1.54, 1.807) is 39.8 Å². The number of rotatable bonds is 8. The first kappa shape index (κ1) is 21.7. The molecule has 0 saturated carbocycles. The Balaban J connectivity index is 2.86. The fourth-order valence-electron chi connectivity index (χ4n) is 2.23. The molecule has 1 unspecified atom stereocenters. The number of hydrogen-bond donors (Lipinski definition) is 2. The predicted molar refractivity (Wildman–Crippen MR) is 99.7 cm³/mol. The van der Waals surface area contributed by atoms with Gasteiger partial charge in [0.2, 0.25) is 0 Å². The molecular formula is C20H29NO5. The summed E-state index contributed by atoms with van der Waals surface area (Å²) in [5.74, 6) is -1.27. The van der Waals surface area contributed by atoms with Gasteiger partial charge in [-0.3, -0.25) is 4.79 Å². The van der Waals surface area contributed by atoms with Crippen LogP contribution in [0.25, 0.3) is 0 Å². The Morgan fingerprint density at radius 3 is 2.38 bits per heavy atom. The molecule has 1 aromatic carbocycles. The van der Waals surface area contributed by atoms with Gasteiger partial charge in [-0.1, -0.05) is 42.5 Å². The van der Waals surface area contributed by atoms with Crippen LogP contribution in [0.2, 0.25) is 0 Å². The van der Waals surface area contributed by atoms with Crippen molar-refractivity contribution in [3.63, 3.8) is 0 Å². The lowest BCUT2D eigenvalue weighted by Gasteiger charge is -2.22. The summed E-state index contributed by atoms with van der Waals surface area (Å²) >= 11 is 0. The van der Waals surface area contributed by atoms with E-state index in [1.165, 1.54) is 0 Å². The van der Waals surface area contributed by atoms with Crippen molar-refractivity contribution in [3.8, 4) is 0 Å². The average Bonchev–Trinajstić information content (AvgIpc) is 2.54. The highest BCUT2D eigenvalue weighted by Crippen LogP contribution is 2.10. The summed E-state index contributed by atoms with van der Waals surface area (Å²) in [4.78, 5) is 23.9. The molecule has 144 valence electrons. The van der Waals surface area contributed by atoms with Crippen LogP contribution in [-0.2, 0) is 20.7 Å². The van der Waals surface area contributed by atoms with Crippen molar-refractivity contribution in [2.75, 3.05) is 13.2 Å². The van der Waals surface area contributed by atoms with E-state index in [0.717, 1.165) is 5.56 Å². The largest absolute Gasteiger partial charge is 0.465 e. The molecule has 6 heteroatoms. The highest BCUT2D eigenvalue weighted by molar-refractivity contribution is 5.74. The van der Waals surface area contributed by atoms with E-state index in [-0.39, 0.29) is 13.2 Å². The van der Waals surface area contributed by atoms with Gasteiger partial charge in [0.15, 0.2) is 0 Å². The topological polar surface area (TPSA) is 84.9 Å². The van der Waals surface area contributed by atoms with Crippen LogP contribution in [0.1, 0.15) is 33.3 Å². The monoisotopic (exact) mass is 363 g/mol. The number of aliphatic hydroxyl groups excluding tert-OH is 1. The first-order valence-corrected chi connectivity index (χ1v) is 8.74. The fourth-order valence-corrected chi connectivity index (χ4v) is 2.23. The van der Waals surface area contributed by atoms with Gasteiger partial charge < -0.3 is 19.9 Å². The third-order valence-corrected chi connectivity index (χ3v) is 3.36. The summed E-state index contributed by atoms with van der Waals surface area (Å²) in [6.45, 7) is 6.95. The Bertz CT molecular complexity index is 592. The summed E-state index contributed by atoms with van der Waals surface area (Å²) in [5.41, 5.74) is 0.416. The number of amides is 1. The minimum Gasteiger partial charge on any atom is -0.465 e. The van der Waals surface area contributed by atoms with Crippen molar-refractivity contribution < 1.29 is 24.2 Å². The van der Waals surface area contributed by atoms with Crippen LogP contribution < -0.4 is 5.32 Å². The van der Waals surface area contributed by atoms with Gasteiger partial charge in [-0.25, -0.2) is 4.79 Å². The molecule has 0 aromatic heterocycles. The Morgan fingerprint density at radius 2 is 1.85 bits per heavy atom. The first-order chi connectivity index (χ1) is 12.2. The number of ether oxygens (including phenoxy) is 2. The summed E-state index contributed by atoms with van der Waals surface area (Å²) < 4.78 is 10.2. The second kappa shape index (κ2) is 10.6. The number of hydrogen-bond acceptors (Lipinski definition) is 5. The molecule has 6 nitrogen and oxygen atoms in total. The summed E-state index contributed by atoms with van der Waals surface area (Å²) in [5, 5.41) is 12.2. The zero-order valence-electron chi connectivity index (χ0n) is 15.9. The molecule has 0 radical (unpaired) electrons. The highest BCUT2D eigenvalue weighted by atomic mass is 16.6. The molecule has 0 fully saturated rings. The summed E-state index contributed by atoms with van der Waals surface area (Å²) in [7, 11) is 0. The number of esters is 1. The second-order valence-electron chi connectivity index (χ2n) is 6.87. The maximum absolute atomic E-state index is 12.1. The van der Waals surface area contributed by atoms with Gasteiger partial charge in [0.25, 0.3) is 0 Å². The standard InChI is InChI=1S/C20H29NO5/c1-5-25-18(23)16(14-22)11-12-17(13-15-9-7-6-8-10-15)21-19(24)26-20(2,3)4/h6-12,16-17,22H,5,13-14H2,1-4H3,(H,21,24)/b12-11+/t16?,17-/m1/s1. The normalized spacial score (nSPS) is 13.9. The molecule has 0 spiro atoms. The lowest BCUT2D eigenvalue weighted by Crippen LogP contribution is -2.39. The minimum absolute atomic E-state index is 0.243. The zero-order chi connectivity index (χ0) is 19.6. The number of aliphatic hydroxyl groups is 1. The number of nitrogens with one attached hydrogen (secondary N) is 1. The molecule has 1 rings (SSSR count). The number of benzene rings is 1. The van der Waals surface area contributed by atoms with Gasteiger partial charge in [-0.05, 0) is 39.7 Å². The molecule has 26 heavy (non-hydrogen) atoms. The molecule has 0 saturated heterocycles. The molecule has 1 aromatic rings. The Morgan fingerprint density at radius 1 is 1.19 bits per heavy atom. The van der Waals surface area contributed by atoms with Crippen molar-refractivity contribution >= 4 is 12.1 Å². The third kappa shape index (κ3) is 8.67. The molecule has 0 aliphatic carbocycles. The summed E-state index contributed by atoms with van der Waals surface area (Å²) in [6.07, 6.45) is 3.23. The van der Waals surface area contributed by atoms with E-state index in [2.05, 4.69) is 5.32 Å². The number of carbonyl (C=O) groups excluding carboxylic acids is 2. The Kier molecular flexibility index (Phi) is 8.85. The Hall–Kier alpha value is -2.34. The number of carbonyl (C=O) groups is 2. The molecule has 0 aliphatic rings. The van der Waals surface area contributed by atoms with Crippen molar-refractivity contribution in [3.05, 3.63) is 48.0 Å². The predicted octanol–water partition coefficient (Wildman–Crippen LogP) is 2.85. The van der Waals surface area contributed by atoms with E-state index in [9.17, 15) is 14.7 Å². The van der Waals surface area contributed by atoms with Crippen LogP contribution in [0.4, 0.5) is 4.79 Å². The lowest BCUT2D eigenvalue weighted by molar-refractivity contribution is -0.147. The van der Waals surface area contributed by atoms with Crippen LogP contribution in [0, 0.1) is 5.92 Å². The van der Waals surface area contributed by atoms with E-state index < -0.39 is 29.6 Å². The van der Waals surface area contributed by atoms with Gasteiger partial charge in [-0.2, -0.15) is 0 Å². The molecule has 2 N–H and O–H groups in total. The molecule has 0 aliphatic heterocycles. The quantitative estimate of drug-likeness (QED) is 0.548. The van der Waals surface area contributed by atoms with E-state index >= 15 is 0 Å². The van der Waals surface area contributed by atoms with Crippen molar-refractivity contribution in [2.24, 2.45) is 5.92 Å². The van der Waals surface area contributed by atoms with Gasteiger partial charge in [0.05, 0.1) is 25.2 Å². The molecule has 1 amide bonds. The number of alkyl carbamates (subject to hydrolysis) is 1. The smallest absolute Gasteiger partial charge is 0.408 e. The van der Waals surface area contributed by atoms with E-state index in [0.29, 0.717) is 6.42 Å². The highest BCUT2D eigenvalue weighted by Gasteiger charge is 2.20. The van der Waals surface area contributed by atoms with Gasteiger partial charge in [0, 0.05) is 0 Å². The second-order valence-corrected chi connectivity index (χ2v) is 6.87. The van der Waals surface area contributed by atoms with Crippen LogP contribution in [-0.4, -0.2) is 42.0 Å². The molecule has 2 atom stereocenters. The summed E-state index contributed by atoms with van der Waals surface area (Å²) in [6, 6.07) is 9.25. The molecule has 0 bridgehead atoms. The van der Waals surface area contributed by atoms with E-state index in [4.69, 9.17) is 9.47 Å². The first-order valence-electron chi connectivity index (χ1n) is 8.74. The van der Waals surface area contributed by atoms with Crippen LogP contribution in [0.3, 0.4) is 0 Å². The fraction of sp³-hybridized carbons (Fsp3) is 0.500. The maximum atomic E-state index is 12.1. The van der Waals surface area contributed by atoms with Gasteiger partial charge >= 0.3 is 12.1 Å². The van der Waals surface area contributed by atoms with Crippen LogP contribution in [0.15, 0.2) is 42.5 Å². The Labute approximate surface area is 155 Å². The van der Waals surface area contributed by atoms with Crippen LogP contribution >= 0.6 is 0 Å². The van der Waals surface area contributed by atoms with E-state index in [1.807, 2.05) is 30.3 Å². The van der Waals surface area contributed by atoms with Crippen molar-refractivity contribution in [2.45, 2.75) is 45.8 Å². The third-order valence-electron chi connectivity index (χ3n) is 3.36. The van der Waals surface area contributed by atoms with Crippen molar-refractivity contribution in [1.82, 2.24) is 5.32 Å². The van der Waals surface area contributed by atoms with Crippen LogP contribution in [0.5, 0.6) is 0 Å². The van der Waals surface area contributed by atoms with Gasteiger partial charge in [0.1, 0.15) is 5.60 Å². The average molecular weight is 363 g/mol. The molecular weight excluding hydrogens is 334 g/mol. The van der Waals surface area contributed by atoms with Crippen molar-refractivity contribution in [1.29, 1.82) is 0 Å². The SMILES string of the molecule is CCOC(=O)C(/C=C/[C@H](Cc1ccccc1)NC(=O)OC(C)(C)C)CO. The lowest BCUT2D eigenvalue weighted by atomic mass is 10.0. The maximum Gasteiger partial charge on any atom is 0.408 e. The zero-order valence-corrected chi connectivity index (χ0v) is 15.9. The minimum atomic E-state index is -0.770. The van der Waals surface area contributed by atoms with Gasteiger partial charge in [-0.15, -0.1) is 0 Å².